The fourth-order valence-corrected chi connectivity index (χ4v) is 2.78. The van der Waals surface area contributed by atoms with Gasteiger partial charge in [-0.15, -0.1) is 15.3 Å². The lowest BCUT2D eigenvalue weighted by atomic mass is 10.1. The Bertz CT molecular complexity index is 984. The van der Waals surface area contributed by atoms with E-state index in [9.17, 15) is 22.0 Å². The summed E-state index contributed by atoms with van der Waals surface area (Å²) in [5, 5.41) is 10.9. The van der Waals surface area contributed by atoms with Crippen LogP contribution < -0.4 is 9.64 Å². The molecule has 3 aromatic rings. The van der Waals surface area contributed by atoms with Crippen LogP contribution in [0.1, 0.15) is 22.5 Å². The van der Waals surface area contributed by atoms with Gasteiger partial charge in [0, 0.05) is 24.7 Å². The lowest BCUT2D eigenvalue weighted by Crippen LogP contribution is -2.22. The Morgan fingerprint density at radius 3 is 2.29 bits per heavy atom. The van der Waals surface area contributed by atoms with Crippen LogP contribution in [0.15, 0.2) is 24.3 Å². The van der Waals surface area contributed by atoms with E-state index in [-0.39, 0.29) is 17.9 Å². The molecule has 28 heavy (non-hydrogen) atoms. The maximum Gasteiger partial charge on any atom is 0.453 e. The van der Waals surface area contributed by atoms with Crippen LogP contribution in [0, 0.1) is 13.8 Å². The summed E-state index contributed by atoms with van der Waals surface area (Å²) in [6.07, 6.45) is -4.69. The highest BCUT2D eigenvalue weighted by Gasteiger charge is 2.38. The van der Waals surface area contributed by atoms with Gasteiger partial charge >= 0.3 is 12.8 Å². The first-order chi connectivity index (χ1) is 13.1. The van der Waals surface area contributed by atoms with Crippen molar-refractivity contribution in [1.82, 2.24) is 19.8 Å². The van der Waals surface area contributed by atoms with Gasteiger partial charge in [-0.05, 0) is 31.5 Å². The van der Waals surface area contributed by atoms with Crippen molar-refractivity contribution in [3.63, 3.8) is 0 Å². The van der Waals surface area contributed by atoms with Crippen molar-refractivity contribution in [2.75, 3.05) is 11.9 Å². The van der Waals surface area contributed by atoms with Crippen LogP contribution in [-0.2, 0) is 12.7 Å². The third-order valence-electron chi connectivity index (χ3n) is 4.25. The van der Waals surface area contributed by atoms with E-state index in [4.69, 9.17) is 0 Å². The van der Waals surface area contributed by atoms with Gasteiger partial charge in [0.25, 0.3) is 5.82 Å². The standard InChI is InChI=1S/C17H16F5N5O/c1-9-10(2)14(25-27-13(9)23-24-15(27)17(20,21)22)26(3)8-11-4-6-12(7-5-11)28-16(18)19/h4-7,16H,8H2,1-3H3. The van der Waals surface area contributed by atoms with Gasteiger partial charge < -0.3 is 9.64 Å². The van der Waals surface area contributed by atoms with Crippen molar-refractivity contribution in [2.45, 2.75) is 33.2 Å². The second-order valence-electron chi connectivity index (χ2n) is 6.21. The number of aromatic nitrogens is 4. The average molecular weight is 401 g/mol. The number of anilines is 1. The van der Waals surface area contributed by atoms with E-state index >= 15 is 0 Å². The molecule has 0 saturated carbocycles. The van der Waals surface area contributed by atoms with Crippen molar-refractivity contribution in [1.29, 1.82) is 0 Å². The van der Waals surface area contributed by atoms with Gasteiger partial charge in [0.15, 0.2) is 11.5 Å². The molecule has 2 aromatic heterocycles. The molecule has 11 heteroatoms. The SMILES string of the molecule is Cc1c(N(C)Cc2ccc(OC(F)F)cc2)nn2c(C(F)(F)F)nnc2c1C. The van der Waals surface area contributed by atoms with Crippen LogP contribution in [0.5, 0.6) is 5.75 Å². The fourth-order valence-electron chi connectivity index (χ4n) is 2.78. The summed E-state index contributed by atoms with van der Waals surface area (Å²) in [4.78, 5) is 1.66. The zero-order valence-corrected chi connectivity index (χ0v) is 15.1. The summed E-state index contributed by atoms with van der Waals surface area (Å²) in [5.41, 5.74) is 1.97. The third kappa shape index (κ3) is 3.82. The highest BCUT2D eigenvalue weighted by molar-refractivity contribution is 5.59. The first-order valence-corrected chi connectivity index (χ1v) is 8.12. The second kappa shape index (κ2) is 7.21. The average Bonchev–Trinajstić information content (AvgIpc) is 3.03. The summed E-state index contributed by atoms with van der Waals surface area (Å²) >= 11 is 0. The molecule has 2 heterocycles. The molecule has 6 nitrogen and oxygen atoms in total. The predicted molar refractivity (Wildman–Crippen MR) is 90.4 cm³/mol. The van der Waals surface area contributed by atoms with Crippen molar-refractivity contribution in [2.24, 2.45) is 0 Å². The summed E-state index contributed by atoms with van der Waals surface area (Å²) in [6, 6.07) is 5.97. The molecule has 150 valence electrons. The summed E-state index contributed by atoms with van der Waals surface area (Å²) in [5.74, 6) is -0.857. The van der Waals surface area contributed by atoms with E-state index in [1.54, 1.807) is 37.9 Å². The van der Waals surface area contributed by atoms with Gasteiger partial charge in [-0.25, -0.2) is 0 Å². The number of benzene rings is 1. The number of ether oxygens (including phenoxy) is 1. The Morgan fingerprint density at radius 2 is 1.71 bits per heavy atom. The molecular weight excluding hydrogens is 385 g/mol. The molecule has 0 fully saturated rings. The normalized spacial score (nSPS) is 12.0. The molecule has 0 N–H and O–H groups in total. The maximum absolute atomic E-state index is 13.1. The van der Waals surface area contributed by atoms with E-state index in [2.05, 4.69) is 20.0 Å². The monoisotopic (exact) mass is 401 g/mol. The Morgan fingerprint density at radius 1 is 1.07 bits per heavy atom. The third-order valence-corrected chi connectivity index (χ3v) is 4.25. The first-order valence-electron chi connectivity index (χ1n) is 8.12. The molecule has 0 unspecified atom stereocenters. The van der Waals surface area contributed by atoms with Crippen molar-refractivity contribution >= 4 is 11.5 Å². The van der Waals surface area contributed by atoms with Crippen molar-refractivity contribution < 1.29 is 26.7 Å². The zero-order valence-electron chi connectivity index (χ0n) is 15.1. The van der Waals surface area contributed by atoms with Crippen molar-refractivity contribution in [3.05, 3.63) is 46.8 Å². The van der Waals surface area contributed by atoms with Crippen LogP contribution in [0.2, 0.25) is 0 Å². The number of hydrogen-bond acceptors (Lipinski definition) is 5. The summed E-state index contributed by atoms with van der Waals surface area (Å²) in [6.45, 7) is 0.753. The smallest absolute Gasteiger partial charge is 0.435 e. The molecule has 0 aliphatic carbocycles. The summed E-state index contributed by atoms with van der Waals surface area (Å²) in [7, 11) is 1.67. The molecule has 1 aromatic carbocycles. The van der Waals surface area contributed by atoms with E-state index in [1.165, 1.54) is 12.1 Å². The van der Waals surface area contributed by atoms with Gasteiger partial charge in [-0.3, -0.25) is 0 Å². The molecule has 0 radical (unpaired) electrons. The van der Waals surface area contributed by atoms with Gasteiger partial charge in [0.2, 0.25) is 0 Å². The molecule has 0 aliphatic heterocycles. The lowest BCUT2D eigenvalue weighted by Gasteiger charge is -2.22. The molecule has 3 rings (SSSR count). The minimum absolute atomic E-state index is 0.0206. The highest BCUT2D eigenvalue weighted by atomic mass is 19.4. The molecule has 0 bridgehead atoms. The minimum atomic E-state index is -4.69. The molecule has 0 amide bonds. The number of aryl methyl sites for hydroxylation is 1. The fraction of sp³-hybridized carbons (Fsp3) is 0.353. The quantitative estimate of drug-likeness (QED) is 0.605. The Hall–Kier alpha value is -2.98. The van der Waals surface area contributed by atoms with Gasteiger partial charge in [-0.2, -0.15) is 26.5 Å². The maximum atomic E-state index is 13.1. The topological polar surface area (TPSA) is 55.5 Å². The largest absolute Gasteiger partial charge is 0.453 e. The van der Waals surface area contributed by atoms with E-state index in [1.807, 2.05) is 0 Å². The van der Waals surface area contributed by atoms with Crippen LogP contribution >= 0.6 is 0 Å². The zero-order chi connectivity index (χ0) is 20.6. The molecular formula is C17H16F5N5O. The minimum Gasteiger partial charge on any atom is -0.435 e. The lowest BCUT2D eigenvalue weighted by molar-refractivity contribution is -0.146. The molecule has 0 aliphatic rings. The number of alkyl halides is 5. The molecule has 0 spiro atoms. The number of nitrogens with zero attached hydrogens (tertiary/aromatic N) is 5. The Kier molecular flexibility index (Phi) is 5.09. The van der Waals surface area contributed by atoms with Crippen molar-refractivity contribution in [3.8, 4) is 5.75 Å². The number of rotatable bonds is 5. The number of halogens is 5. The predicted octanol–water partition coefficient (Wildman–Crippen LogP) is 4.00. The van der Waals surface area contributed by atoms with Gasteiger partial charge in [-0.1, -0.05) is 12.1 Å². The second-order valence-corrected chi connectivity index (χ2v) is 6.21. The number of hydrogen-bond donors (Lipinski definition) is 0. The van der Waals surface area contributed by atoms with Crippen LogP contribution in [0.3, 0.4) is 0 Å². The van der Waals surface area contributed by atoms with Gasteiger partial charge in [0.1, 0.15) is 5.75 Å². The summed E-state index contributed by atoms with van der Waals surface area (Å²) < 4.78 is 68.9. The van der Waals surface area contributed by atoms with E-state index in [0.717, 1.165) is 5.56 Å². The van der Waals surface area contributed by atoms with Crippen LogP contribution in [-0.4, -0.2) is 33.5 Å². The van der Waals surface area contributed by atoms with Gasteiger partial charge in [0.05, 0.1) is 0 Å². The highest BCUT2D eigenvalue weighted by Crippen LogP contribution is 2.30. The molecule has 0 saturated heterocycles. The van der Waals surface area contributed by atoms with Crippen LogP contribution in [0.25, 0.3) is 5.65 Å². The first kappa shape index (κ1) is 19.8. The van der Waals surface area contributed by atoms with Crippen LogP contribution in [0.4, 0.5) is 27.8 Å². The Balaban J connectivity index is 1.92. The Labute approximate surface area is 156 Å². The van der Waals surface area contributed by atoms with E-state index in [0.29, 0.717) is 21.5 Å². The van der Waals surface area contributed by atoms with E-state index < -0.39 is 18.6 Å². The number of fused-ring (bicyclic) bond motifs is 1. The molecule has 0 atom stereocenters.